The molecule has 1 aromatic rings. The number of hydrogen-bond acceptors (Lipinski definition) is 2. The third kappa shape index (κ3) is 3.13. The van der Waals surface area contributed by atoms with Gasteiger partial charge in [0.25, 0.3) is 0 Å². The van der Waals surface area contributed by atoms with E-state index in [-0.39, 0.29) is 17.9 Å². The number of rotatable bonds is 2. The quantitative estimate of drug-likeness (QED) is 0.878. The van der Waals surface area contributed by atoms with Crippen LogP contribution in [0.3, 0.4) is 0 Å². The normalized spacial score (nSPS) is 24.1. The minimum Gasteiger partial charge on any atom is -0.345 e. The molecule has 0 spiro atoms. The van der Waals surface area contributed by atoms with Gasteiger partial charge in [-0.15, -0.1) is 0 Å². The molecule has 1 fully saturated rings. The molecule has 2 rings (SSSR count). The minimum absolute atomic E-state index is 0.0149. The van der Waals surface area contributed by atoms with Gasteiger partial charge < -0.3 is 10.2 Å². The summed E-state index contributed by atoms with van der Waals surface area (Å²) in [6, 6.07) is 7.62. The average molecular weight is 260 g/mol. The predicted octanol–water partition coefficient (Wildman–Crippen LogP) is 1.62. The van der Waals surface area contributed by atoms with E-state index in [1.54, 1.807) is 11.8 Å². The molecular weight excluding hydrogens is 240 g/mol. The molecule has 0 radical (unpaired) electrons. The molecule has 19 heavy (non-hydrogen) atoms. The van der Waals surface area contributed by atoms with E-state index in [4.69, 9.17) is 0 Å². The maximum atomic E-state index is 12.3. The van der Waals surface area contributed by atoms with E-state index in [2.05, 4.69) is 5.32 Å². The molecule has 0 bridgehead atoms. The second-order valence-corrected chi connectivity index (χ2v) is 5.29. The van der Waals surface area contributed by atoms with Crippen molar-refractivity contribution in [2.75, 3.05) is 0 Å². The van der Waals surface area contributed by atoms with Gasteiger partial charge in [0.15, 0.2) is 0 Å². The lowest BCUT2D eigenvalue weighted by atomic mass is 10.1. The van der Waals surface area contributed by atoms with Crippen LogP contribution in [0, 0.1) is 6.92 Å². The Balaban J connectivity index is 2.18. The Hall–Kier alpha value is -1.84. The summed E-state index contributed by atoms with van der Waals surface area (Å²) >= 11 is 0. The number of benzene rings is 1. The first-order valence-corrected chi connectivity index (χ1v) is 6.63. The van der Waals surface area contributed by atoms with E-state index >= 15 is 0 Å². The number of hydrogen-bond donors (Lipinski definition) is 1. The second-order valence-electron chi connectivity index (χ2n) is 5.29. The average Bonchev–Trinajstić information content (AvgIpc) is 2.44. The SMILES string of the molecule is Cc1ccc(CN2C(=O)C(C)NC(=O)CC2C)cc1. The summed E-state index contributed by atoms with van der Waals surface area (Å²) in [5, 5.41) is 2.72. The Kier molecular flexibility index (Phi) is 3.88. The van der Waals surface area contributed by atoms with Crippen molar-refractivity contribution in [3.63, 3.8) is 0 Å². The predicted molar refractivity (Wildman–Crippen MR) is 73.4 cm³/mol. The highest BCUT2D eigenvalue weighted by atomic mass is 16.2. The fourth-order valence-electron chi connectivity index (χ4n) is 2.33. The van der Waals surface area contributed by atoms with E-state index in [0.29, 0.717) is 13.0 Å². The van der Waals surface area contributed by atoms with Gasteiger partial charge in [0, 0.05) is 19.0 Å². The zero-order valence-electron chi connectivity index (χ0n) is 11.6. The summed E-state index contributed by atoms with van der Waals surface area (Å²) in [7, 11) is 0. The lowest BCUT2D eigenvalue weighted by molar-refractivity contribution is -0.135. The van der Waals surface area contributed by atoms with Crippen LogP contribution in [-0.4, -0.2) is 28.8 Å². The van der Waals surface area contributed by atoms with Crippen molar-refractivity contribution >= 4 is 11.8 Å². The van der Waals surface area contributed by atoms with Crippen LogP contribution in [0.4, 0.5) is 0 Å². The summed E-state index contributed by atoms with van der Waals surface area (Å²) < 4.78 is 0. The number of nitrogens with zero attached hydrogens (tertiary/aromatic N) is 1. The van der Waals surface area contributed by atoms with E-state index < -0.39 is 6.04 Å². The summed E-state index contributed by atoms with van der Waals surface area (Å²) in [4.78, 5) is 25.7. The van der Waals surface area contributed by atoms with Gasteiger partial charge in [-0.3, -0.25) is 9.59 Å². The first-order chi connectivity index (χ1) is 8.97. The van der Waals surface area contributed by atoms with Crippen LogP contribution in [0.15, 0.2) is 24.3 Å². The topological polar surface area (TPSA) is 49.4 Å². The van der Waals surface area contributed by atoms with Crippen molar-refractivity contribution in [2.45, 2.75) is 45.8 Å². The number of amides is 2. The Morgan fingerprint density at radius 1 is 1.21 bits per heavy atom. The summed E-state index contributed by atoms with van der Waals surface area (Å²) in [5.41, 5.74) is 2.29. The van der Waals surface area contributed by atoms with Crippen LogP contribution in [0.5, 0.6) is 0 Å². The van der Waals surface area contributed by atoms with Gasteiger partial charge in [-0.05, 0) is 26.3 Å². The maximum absolute atomic E-state index is 12.3. The molecule has 1 heterocycles. The van der Waals surface area contributed by atoms with Gasteiger partial charge in [0.2, 0.25) is 11.8 Å². The highest BCUT2D eigenvalue weighted by molar-refractivity contribution is 5.90. The highest BCUT2D eigenvalue weighted by Crippen LogP contribution is 2.16. The molecule has 2 unspecified atom stereocenters. The molecule has 0 saturated carbocycles. The molecule has 4 nitrogen and oxygen atoms in total. The Bertz CT molecular complexity index is 481. The molecule has 102 valence electrons. The lowest BCUT2D eigenvalue weighted by Crippen LogP contribution is -2.44. The van der Waals surface area contributed by atoms with Gasteiger partial charge in [-0.25, -0.2) is 0 Å². The number of carbonyl (C=O) groups is 2. The fraction of sp³-hybridized carbons (Fsp3) is 0.467. The van der Waals surface area contributed by atoms with Gasteiger partial charge >= 0.3 is 0 Å². The maximum Gasteiger partial charge on any atom is 0.245 e. The molecule has 4 heteroatoms. The summed E-state index contributed by atoms with van der Waals surface area (Å²) in [5.74, 6) is -0.0707. The molecule has 1 aliphatic rings. The van der Waals surface area contributed by atoms with Crippen LogP contribution >= 0.6 is 0 Å². The van der Waals surface area contributed by atoms with Crippen molar-refractivity contribution in [3.8, 4) is 0 Å². The fourth-order valence-corrected chi connectivity index (χ4v) is 2.33. The van der Waals surface area contributed by atoms with Crippen molar-refractivity contribution in [1.82, 2.24) is 10.2 Å². The molecule has 2 atom stereocenters. The van der Waals surface area contributed by atoms with Gasteiger partial charge in [-0.2, -0.15) is 0 Å². The molecule has 0 aromatic heterocycles. The molecular formula is C15H20N2O2. The first kappa shape index (κ1) is 13.6. The van der Waals surface area contributed by atoms with E-state index in [1.165, 1.54) is 5.56 Å². The zero-order chi connectivity index (χ0) is 14.0. The van der Waals surface area contributed by atoms with Gasteiger partial charge in [0.05, 0.1) is 0 Å². The monoisotopic (exact) mass is 260 g/mol. The third-order valence-electron chi connectivity index (χ3n) is 3.52. The van der Waals surface area contributed by atoms with Crippen LogP contribution < -0.4 is 5.32 Å². The van der Waals surface area contributed by atoms with Crippen molar-refractivity contribution in [2.24, 2.45) is 0 Å². The van der Waals surface area contributed by atoms with Gasteiger partial charge in [-0.1, -0.05) is 29.8 Å². The van der Waals surface area contributed by atoms with Crippen LogP contribution in [0.1, 0.15) is 31.4 Å². The Morgan fingerprint density at radius 2 is 1.84 bits per heavy atom. The van der Waals surface area contributed by atoms with Crippen molar-refractivity contribution in [3.05, 3.63) is 35.4 Å². The second kappa shape index (κ2) is 5.43. The lowest BCUT2D eigenvalue weighted by Gasteiger charge is -2.28. The first-order valence-electron chi connectivity index (χ1n) is 6.63. The molecule has 1 N–H and O–H groups in total. The highest BCUT2D eigenvalue weighted by Gasteiger charge is 2.31. The molecule has 2 amide bonds. The van der Waals surface area contributed by atoms with Crippen molar-refractivity contribution in [1.29, 1.82) is 0 Å². The van der Waals surface area contributed by atoms with E-state index in [1.807, 2.05) is 38.1 Å². The summed E-state index contributed by atoms with van der Waals surface area (Å²) in [6.45, 7) is 6.25. The van der Waals surface area contributed by atoms with Crippen LogP contribution in [0.2, 0.25) is 0 Å². The smallest absolute Gasteiger partial charge is 0.245 e. The van der Waals surface area contributed by atoms with E-state index in [9.17, 15) is 9.59 Å². The van der Waals surface area contributed by atoms with Crippen LogP contribution in [-0.2, 0) is 16.1 Å². The molecule has 1 saturated heterocycles. The summed E-state index contributed by atoms with van der Waals surface area (Å²) in [6.07, 6.45) is 0.363. The largest absolute Gasteiger partial charge is 0.345 e. The Morgan fingerprint density at radius 3 is 2.47 bits per heavy atom. The van der Waals surface area contributed by atoms with Crippen molar-refractivity contribution < 1.29 is 9.59 Å². The number of aryl methyl sites for hydroxylation is 1. The number of nitrogens with one attached hydrogen (secondary N) is 1. The minimum atomic E-state index is -0.442. The molecule has 1 aromatic carbocycles. The van der Waals surface area contributed by atoms with Crippen LogP contribution in [0.25, 0.3) is 0 Å². The molecule has 0 aliphatic carbocycles. The zero-order valence-corrected chi connectivity index (χ0v) is 11.6. The Labute approximate surface area is 113 Å². The number of carbonyl (C=O) groups excluding carboxylic acids is 2. The third-order valence-corrected chi connectivity index (χ3v) is 3.52. The van der Waals surface area contributed by atoms with Gasteiger partial charge in [0.1, 0.15) is 6.04 Å². The van der Waals surface area contributed by atoms with E-state index in [0.717, 1.165) is 5.56 Å². The standard InChI is InChI=1S/C15H20N2O2/c1-10-4-6-13(7-5-10)9-17-11(2)8-14(18)16-12(3)15(17)19/h4-7,11-12H,8-9H2,1-3H3,(H,16,18). The molecule has 1 aliphatic heterocycles.